The number of aromatic nitrogens is 1. The van der Waals surface area contributed by atoms with Gasteiger partial charge in [-0.25, -0.2) is 9.59 Å². The molecule has 198 valence electrons. The molecule has 2 heterocycles. The molecule has 0 aliphatic rings. The van der Waals surface area contributed by atoms with Crippen molar-refractivity contribution in [2.75, 3.05) is 26.1 Å². The minimum absolute atomic E-state index is 0.201. The number of amides is 1. The summed E-state index contributed by atoms with van der Waals surface area (Å²) >= 11 is 12.4. The van der Waals surface area contributed by atoms with Gasteiger partial charge in [0, 0.05) is 30.3 Å². The zero-order valence-electron chi connectivity index (χ0n) is 20.6. The van der Waals surface area contributed by atoms with E-state index in [-0.39, 0.29) is 33.7 Å². The summed E-state index contributed by atoms with van der Waals surface area (Å²) in [5, 5.41) is 6.79. The highest BCUT2D eigenvalue weighted by molar-refractivity contribution is 6.39. The molecule has 0 bridgehead atoms. The molecule has 3 rings (SSSR count). The largest absolute Gasteiger partial charge is 0.493 e. The number of ether oxygens (including phenoxy) is 3. The standard InChI is InChI=1S/C25H27Cl2N3O7/c1-14(25(33)35-3)29-20(31)7-5-4-6-10-36-24-19(34-2)9-8-15-18(11-21(32)37-23(15)24)30-22-16(26)12-28-13-17(22)27/h8-9,11-14H,4-7,10H2,1-3H3,(H,28,30)(H,29,31)/t14-/m0/s1. The SMILES string of the molecule is COC(=O)[C@H](C)NC(=O)CCCCCOc1c(OC)ccc2c(Nc3c(Cl)cncc3Cl)cc(=O)oc12. The van der Waals surface area contributed by atoms with Crippen molar-refractivity contribution >= 4 is 57.4 Å². The highest BCUT2D eigenvalue weighted by Gasteiger charge is 2.18. The number of methoxy groups -OCH3 is 2. The molecule has 3 aromatic rings. The Bertz CT molecular complexity index is 1310. The molecule has 0 unspecified atom stereocenters. The summed E-state index contributed by atoms with van der Waals surface area (Å²) in [5.41, 5.74) is 0.405. The molecule has 12 heteroatoms. The van der Waals surface area contributed by atoms with E-state index >= 15 is 0 Å². The van der Waals surface area contributed by atoms with Crippen LogP contribution in [0.2, 0.25) is 10.0 Å². The maximum Gasteiger partial charge on any atom is 0.338 e. The quantitative estimate of drug-likeness (QED) is 0.184. The molecule has 0 aliphatic carbocycles. The number of anilines is 2. The molecule has 0 saturated heterocycles. The molecule has 0 saturated carbocycles. The first-order valence-electron chi connectivity index (χ1n) is 11.5. The predicted molar refractivity (Wildman–Crippen MR) is 140 cm³/mol. The molecule has 10 nitrogen and oxygen atoms in total. The van der Waals surface area contributed by atoms with Crippen LogP contribution in [-0.4, -0.2) is 43.7 Å². The van der Waals surface area contributed by atoms with Gasteiger partial charge in [0.25, 0.3) is 0 Å². The van der Waals surface area contributed by atoms with Gasteiger partial charge < -0.3 is 29.3 Å². The fraction of sp³-hybridized carbons (Fsp3) is 0.360. The van der Waals surface area contributed by atoms with Crippen molar-refractivity contribution in [2.45, 2.75) is 38.6 Å². The highest BCUT2D eigenvalue weighted by Crippen LogP contribution is 2.40. The Labute approximate surface area is 223 Å². The number of halogens is 2. The Hall–Kier alpha value is -3.50. The van der Waals surface area contributed by atoms with E-state index in [9.17, 15) is 14.4 Å². The number of fused-ring (bicyclic) bond motifs is 1. The van der Waals surface area contributed by atoms with Crippen LogP contribution in [0.25, 0.3) is 11.0 Å². The number of carbonyl (C=O) groups excluding carboxylic acids is 2. The van der Waals surface area contributed by atoms with Crippen molar-refractivity contribution in [3.8, 4) is 11.5 Å². The van der Waals surface area contributed by atoms with Crippen molar-refractivity contribution in [1.29, 1.82) is 0 Å². The third-order valence-corrected chi connectivity index (χ3v) is 5.96. The molecule has 0 spiro atoms. The summed E-state index contributed by atoms with van der Waals surface area (Å²) in [6, 6.07) is 4.02. The highest BCUT2D eigenvalue weighted by atomic mass is 35.5. The molecule has 1 aromatic carbocycles. The normalized spacial score (nSPS) is 11.6. The lowest BCUT2D eigenvalue weighted by atomic mass is 10.1. The molecule has 0 aliphatic heterocycles. The molecular weight excluding hydrogens is 525 g/mol. The van der Waals surface area contributed by atoms with E-state index in [2.05, 4.69) is 20.4 Å². The molecule has 2 N–H and O–H groups in total. The van der Waals surface area contributed by atoms with E-state index in [0.29, 0.717) is 48.4 Å². The minimum Gasteiger partial charge on any atom is -0.493 e. The number of rotatable bonds is 12. The van der Waals surface area contributed by atoms with Crippen LogP contribution in [0.3, 0.4) is 0 Å². The zero-order valence-corrected chi connectivity index (χ0v) is 22.1. The van der Waals surface area contributed by atoms with Crippen LogP contribution in [-0.2, 0) is 14.3 Å². The molecule has 1 atom stereocenters. The number of unbranched alkanes of at least 4 members (excludes halogenated alkanes) is 2. The Morgan fingerprint density at radius 1 is 1.11 bits per heavy atom. The van der Waals surface area contributed by atoms with Gasteiger partial charge in [-0.15, -0.1) is 0 Å². The van der Waals surface area contributed by atoms with Crippen LogP contribution in [0, 0.1) is 0 Å². The van der Waals surface area contributed by atoms with E-state index in [0.717, 1.165) is 0 Å². The second-order valence-electron chi connectivity index (χ2n) is 8.03. The third-order valence-electron chi connectivity index (χ3n) is 5.39. The van der Waals surface area contributed by atoms with Crippen LogP contribution in [0.15, 0.2) is 39.8 Å². The summed E-state index contributed by atoms with van der Waals surface area (Å²) in [6.45, 7) is 1.85. The van der Waals surface area contributed by atoms with Crippen molar-refractivity contribution in [3.05, 3.63) is 51.1 Å². The number of hydrogen-bond acceptors (Lipinski definition) is 9. The lowest BCUT2D eigenvalue weighted by Gasteiger charge is -2.15. The number of benzene rings is 1. The fourth-order valence-electron chi connectivity index (χ4n) is 3.54. The number of esters is 1. The van der Waals surface area contributed by atoms with Gasteiger partial charge in [0.05, 0.1) is 42.2 Å². The van der Waals surface area contributed by atoms with Crippen molar-refractivity contribution in [1.82, 2.24) is 10.3 Å². The van der Waals surface area contributed by atoms with Crippen LogP contribution < -0.4 is 25.7 Å². The van der Waals surface area contributed by atoms with Gasteiger partial charge in [0.1, 0.15) is 6.04 Å². The van der Waals surface area contributed by atoms with E-state index in [1.54, 1.807) is 19.1 Å². The van der Waals surface area contributed by atoms with Gasteiger partial charge in [-0.1, -0.05) is 23.2 Å². The number of carbonyl (C=O) groups is 2. The summed E-state index contributed by atoms with van der Waals surface area (Å²) in [5.74, 6) is -0.0604. The number of pyridine rings is 1. The monoisotopic (exact) mass is 551 g/mol. The molecule has 37 heavy (non-hydrogen) atoms. The molecule has 0 radical (unpaired) electrons. The van der Waals surface area contributed by atoms with Crippen LogP contribution in [0.5, 0.6) is 11.5 Å². The molecule has 2 aromatic heterocycles. The lowest BCUT2D eigenvalue weighted by Crippen LogP contribution is -2.38. The summed E-state index contributed by atoms with van der Waals surface area (Å²) in [7, 11) is 2.75. The van der Waals surface area contributed by atoms with Gasteiger partial charge in [0.15, 0.2) is 11.3 Å². The Morgan fingerprint density at radius 3 is 2.51 bits per heavy atom. The summed E-state index contributed by atoms with van der Waals surface area (Å²) in [4.78, 5) is 39.7. The first kappa shape index (κ1) is 28.1. The maximum absolute atomic E-state index is 12.4. The van der Waals surface area contributed by atoms with E-state index in [1.807, 2.05) is 0 Å². The molecule has 1 amide bonds. The second-order valence-corrected chi connectivity index (χ2v) is 8.84. The first-order valence-corrected chi connectivity index (χ1v) is 12.2. The van der Waals surface area contributed by atoms with Gasteiger partial charge in [-0.2, -0.15) is 0 Å². The van der Waals surface area contributed by atoms with Crippen LogP contribution in [0.1, 0.15) is 32.6 Å². The first-order chi connectivity index (χ1) is 17.7. The molecule has 0 fully saturated rings. The predicted octanol–water partition coefficient (Wildman–Crippen LogP) is 4.86. The minimum atomic E-state index is -0.695. The Kier molecular flexibility index (Phi) is 9.99. The zero-order chi connectivity index (χ0) is 26.9. The average molecular weight is 552 g/mol. The van der Waals surface area contributed by atoms with Gasteiger partial charge in [0.2, 0.25) is 11.7 Å². The summed E-state index contributed by atoms with van der Waals surface area (Å²) < 4.78 is 21.4. The van der Waals surface area contributed by atoms with Crippen molar-refractivity contribution < 1.29 is 28.2 Å². The topological polar surface area (TPSA) is 129 Å². The van der Waals surface area contributed by atoms with Crippen LogP contribution >= 0.6 is 23.2 Å². The van der Waals surface area contributed by atoms with Gasteiger partial charge >= 0.3 is 11.6 Å². The lowest BCUT2D eigenvalue weighted by molar-refractivity contribution is -0.144. The van der Waals surface area contributed by atoms with Gasteiger partial charge in [-0.3, -0.25) is 9.78 Å². The smallest absolute Gasteiger partial charge is 0.338 e. The van der Waals surface area contributed by atoms with Gasteiger partial charge in [-0.05, 0) is 38.3 Å². The summed E-state index contributed by atoms with van der Waals surface area (Å²) in [6.07, 6.45) is 5.07. The van der Waals surface area contributed by atoms with E-state index in [4.69, 9.17) is 37.1 Å². The fourth-order valence-corrected chi connectivity index (χ4v) is 4.00. The van der Waals surface area contributed by atoms with Crippen LogP contribution in [0.4, 0.5) is 11.4 Å². The molecular formula is C25H27Cl2N3O7. The Morgan fingerprint density at radius 2 is 1.84 bits per heavy atom. The van der Waals surface area contributed by atoms with E-state index in [1.165, 1.54) is 32.7 Å². The van der Waals surface area contributed by atoms with Crippen molar-refractivity contribution in [2.24, 2.45) is 0 Å². The second kappa shape index (κ2) is 13.2. The average Bonchev–Trinajstić information content (AvgIpc) is 2.87. The van der Waals surface area contributed by atoms with E-state index < -0.39 is 17.6 Å². The number of nitrogens with zero attached hydrogens (tertiary/aromatic N) is 1. The number of hydrogen-bond donors (Lipinski definition) is 2. The third kappa shape index (κ3) is 7.27. The Balaban J connectivity index is 1.68. The van der Waals surface area contributed by atoms with Crippen molar-refractivity contribution in [3.63, 3.8) is 0 Å². The number of nitrogens with one attached hydrogen (secondary N) is 2. The maximum atomic E-state index is 12.4.